The fourth-order valence-corrected chi connectivity index (χ4v) is 3.35. The fraction of sp³-hybridized carbons (Fsp3) is 0.562. The highest BCUT2D eigenvalue weighted by atomic mass is 16.4. The molecule has 0 heterocycles. The quantitative estimate of drug-likeness (QED) is 0.904. The molecule has 3 heteroatoms. The van der Waals surface area contributed by atoms with Gasteiger partial charge in [-0.15, -0.1) is 0 Å². The number of hydrogen-bond acceptors (Lipinski definition) is 2. The van der Waals surface area contributed by atoms with Crippen molar-refractivity contribution in [2.24, 2.45) is 5.41 Å². The zero-order valence-electron chi connectivity index (χ0n) is 12.3. The minimum absolute atomic E-state index is 0.529. The van der Waals surface area contributed by atoms with Crippen molar-refractivity contribution in [3.8, 4) is 0 Å². The van der Waals surface area contributed by atoms with Crippen LogP contribution in [-0.2, 0) is 4.79 Å². The van der Waals surface area contributed by atoms with Crippen molar-refractivity contribution in [2.45, 2.75) is 40.0 Å². The van der Waals surface area contributed by atoms with E-state index < -0.39 is 11.4 Å². The molecule has 3 nitrogen and oxygen atoms in total. The first-order chi connectivity index (χ1) is 8.85. The predicted molar refractivity (Wildman–Crippen MR) is 77.8 cm³/mol. The lowest BCUT2D eigenvalue weighted by molar-refractivity contribution is -0.153. The van der Waals surface area contributed by atoms with Crippen LogP contribution in [0.4, 0.5) is 5.69 Å². The van der Waals surface area contributed by atoms with E-state index in [0.717, 1.165) is 19.3 Å². The van der Waals surface area contributed by atoms with E-state index in [1.54, 1.807) is 0 Å². The minimum Gasteiger partial charge on any atom is -0.481 e. The van der Waals surface area contributed by atoms with Crippen LogP contribution >= 0.6 is 0 Å². The largest absolute Gasteiger partial charge is 0.481 e. The van der Waals surface area contributed by atoms with E-state index in [4.69, 9.17) is 0 Å². The smallest absolute Gasteiger partial charge is 0.311 e. The third-order valence-electron chi connectivity index (χ3n) is 4.32. The Balaban J connectivity index is 2.25. The van der Waals surface area contributed by atoms with Crippen LogP contribution in [0.1, 0.15) is 36.0 Å². The number of anilines is 1. The minimum atomic E-state index is -0.645. The first kappa shape index (κ1) is 13.9. The van der Waals surface area contributed by atoms with Crippen molar-refractivity contribution in [3.05, 3.63) is 28.8 Å². The molecule has 1 aliphatic rings. The van der Waals surface area contributed by atoms with Gasteiger partial charge in [0.25, 0.3) is 0 Å². The maximum atomic E-state index is 11.5. The molecule has 0 spiro atoms. The number of hydrogen-bond donors (Lipinski definition) is 1. The summed E-state index contributed by atoms with van der Waals surface area (Å²) in [7, 11) is 2.01. The van der Waals surface area contributed by atoms with Crippen LogP contribution in [0.2, 0.25) is 0 Å². The molecule has 1 aromatic rings. The van der Waals surface area contributed by atoms with Gasteiger partial charge in [0.1, 0.15) is 0 Å². The Morgan fingerprint density at radius 3 is 2.16 bits per heavy atom. The molecule has 0 amide bonds. The summed E-state index contributed by atoms with van der Waals surface area (Å²) in [4.78, 5) is 13.6. The van der Waals surface area contributed by atoms with Crippen LogP contribution in [0.3, 0.4) is 0 Å². The first-order valence-electron chi connectivity index (χ1n) is 6.88. The van der Waals surface area contributed by atoms with Gasteiger partial charge in [-0.1, -0.05) is 24.1 Å². The molecule has 2 rings (SSSR count). The second kappa shape index (κ2) is 4.87. The molecule has 1 saturated carbocycles. The molecule has 1 N–H and O–H groups in total. The molecule has 1 aliphatic carbocycles. The van der Waals surface area contributed by atoms with Crippen LogP contribution in [0, 0.1) is 26.2 Å². The Morgan fingerprint density at radius 2 is 1.79 bits per heavy atom. The van der Waals surface area contributed by atoms with E-state index in [1.165, 1.54) is 22.4 Å². The zero-order valence-corrected chi connectivity index (χ0v) is 12.3. The van der Waals surface area contributed by atoms with Gasteiger partial charge < -0.3 is 10.0 Å². The third kappa shape index (κ3) is 2.46. The van der Waals surface area contributed by atoms with Gasteiger partial charge in [-0.25, -0.2) is 0 Å². The summed E-state index contributed by atoms with van der Waals surface area (Å²) in [5, 5.41) is 9.44. The molecule has 0 unspecified atom stereocenters. The van der Waals surface area contributed by atoms with E-state index in [-0.39, 0.29) is 0 Å². The van der Waals surface area contributed by atoms with E-state index in [2.05, 4.69) is 37.8 Å². The van der Waals surface area contributed by atoms with Crippen molar-refractivity contribution >= 4 is 11.7 Å². The zero-order chi connectivity index (χ0) is 14.2. The highest BCUT2D eigenvalue weighted by molar-refractivity contribution is 5.77. The highest BCUT2D eigenvalue weighted by Gasteiger charge is 2.45. The molecule has 1 aromatic carbocycles. The Kier molecular flexibility index (Phi) is 3.57. The number of rotatable bonds is 4. The molecule has 0 saturated heterocycles. The van der Waals surface area contributed by atoms with Crippen molar-refractivity contribution in [3.63, 3.8) is 0 Å². The van der Waals surface area contributed by atoms with Crippen LogP contribution in [0.5, 0.6) is 0 Å². The lowest BCUT2D eigenvalue weighted by Crippen LogP contribution is -2.47. The maximum Gasteiger partial charge on any atom is 0.311 e. The van der Waals surface area contributed by atoms with Gasteiger partial charge >= 0.3 is 5.97 Å². The standard InChI is InChI=1S/C16H23NO2/c1-11-8-12(2)14(13(3)9-11)17(4)10-16(15(18)19)6-5-7-16/h8-9H,5-7,10H2,1-4H3,(H,18,19). The number of carboxylic acids is 1. The van der Waals surface area contributed by atoms with E-state index in [0.29, 0.717) is 6.54 Å². The summed E-state index contributed by atoms with van der Waals surface area (Å²) >= 11 is 0. The van der Waals surface area contributed by atoms with Crippen LogP contribution < -0.4 is 4.90 Å². The molecular formula is C16H23NO2. The summed E-state index contributed by atoms with van der Waals surface area (Å²) < 4.78 is 0. The Bertz CT molecular complexity index is 480. The van der Waals surface area contributed by atoms with Crippen molar-refractivity contribution in [1.82, 2.24) is 0 Å². The number of aliphatic carboxylic acids is 1. The first-order valence-corrected chi connectivity index (χ1v) is 6.88. The summed E-state index contributed by atoms with van der Waals surface area (Å²) in [5.41, 5.74) is 4.35. The van der Waals surface area contributed by atoms with Gasteiger partial charge in [0.15, 0.2) is 0 Å². The molecule has 0 bridgehead atoms. The van der Waals surface area contributed by atoms with Gasteiger partial charge in [-0.2, -0.15) is 0 Å². The SMILES string of the molecule is Cc1cc(C)c(N(C)CC2(C(=O)O)CCC2)c(C)c1. The van der Waals surface area contributed by atoms with Gasteiger partial charge in [0, 0.05) is 19.3 Å². The molecule has 104 valence electrons. The Hall–Kier alpha value is -1.51. The van der Waals surface area contributed by atoms with Crippen LogP contribution in [0.15, 0.2) is 12.1 Å². The molecule has 0 aliphatic heterocycles. The third-order valence-corrected chi connectivity index (χ3v) is 4.32. The van der Waals surface area contributed by atoms with E-state index >= 15 is 0 Å². The van der Waals surface area contributed by atoms with Crippen molar-refractivity contribution in [2.75, 3.05) is 18.5 Å². The molecule has 0 aromatic heterocycles. The molecule has 1 fully saturated rings. The number of carboxylic acid groups (broad SMARTS) is 1. The molecule has 0 radical (unpaired) electrons. The van der Waals surface area contributed by atoms with E-state index in [9.17, 15) is 9.90 Å². The van der Waals surface area contributed by atoms with E-state index in [1.807, 2.05) is 7.05 Å². The second-order valence-corrected chi connectivity index (χ2v) is 6.04. The molecule has 0 atom stereocenters. The average molecular weight is 261 g/mol. The average Bonchev–Trinajstić information content (AvgIpc) is 2.21. The topological polar surface area (TPSA) is 40.5 Å². The van der Waals surface area contributed by atoms with Gasteiger partial charge in [-0.3, -0.25) is 4.79 Å². The van der Waals surface area contributed by atoms with Crippen molar-refractivity contribution < 1.29 is 9.90 Å². The molecule has 19 heavy (non-hydrogen) atoms. The maximum absolute atomic E-state index is 11.5. The molecular weight excluding hydrogens is 238 g/mol. The van der Waals surface area contributed by atoms with Crippen LogP contribution in [-0.4, -0.2) is 24.7 Å². The predicted octanol–water partition coefficient (Wildman–Crippen LogP) is 3.30. The lowest BCUT2D eigenvalue weighted by Gasteiger charge is -2.41. The van der Waals surface area contributed by atoms with Gasteiger partial charge in [0.05, 0.1) is 5.41 Å². The Morgan fingerprint density at radius 1 is 1.26 bits per heavy atom. The fourth-order valence-electron chi connectivity index (χ4n) is 3.35. The normalized spacial score (nSPS) is 16.8. The number of aryl methyl sites for hydroxylation is 3. The monoisotopic (exact) mass is 261 g/mol. The van der Waals surface area contributed by atoms with Gasteiger partial charge in [-0.05, 0) is 44.7 Å². The number of carbonyl (C=O) groups is 1. The second-order valence-electron chi connectivity index (χ2n) is 6.04. The number of benzene rings is 1. The lowest BCUT2D eigenvalue weighted by atomic mass is 9.68. The summed E-state index contributed by atoms with van der Waals surface area (Å²) in [6, 6.07) is 4.32. The highest BCUT2D eigenvalue weighted by Crippen LogP contribution is 2.42. The summed E-state index contributed by atoms with van der Waals surface area (Å²) in [6.07, 6.45) is 2.64. The Labute approximate surface area is 115 Å². The van der Waals surface area contributed by atoms with Crippen molar-refractivity contribution in [1.29, 1.82) is 0 Å². The summed E-state index contributed by atoms with van der Waals surface area (Å²) in [6.45, 7) is 6.89. The number of nitrogens with zero attached hydrogens (tertiary/aromatic N) is 1. The van der Waals surface area contributed by atoms with Gasteiger partial charge in [0.2, 0.25) is 0 Å². The van der Waals surface area contributed by atoms with Crippen LogP contribution in [0.25, 0.3) is 0 Å². The summed E-state index contributed by atoms with van der Waals surface area (Å²) in [5.74, 6) is -0.645.